The largest absolute Gasteiger partial charge is 0.494 e. The second-order valence-electron chi connectivity index (χ2n) is 7.66. The molecule has 0 atom stereocenters. The first-order valence-electron chi connectivity index (χ1n) is 8.83. The summed E-state index contributed by atoms with van der Waals surface area (Å²) in [5.41, 5.74) is 3.27. The third-order valence-electron chi connectivity index (χ3n) is 4.56. The molecule has 27 heavy (non-hydrogen) atoms. The molecular formula is C21H22N4O2. The number of aromatic amines is 2. The van der Waals surface area contributed by atoms with Gasteiger partial charge in [-0.3, -0.25) is 5.10 Å². The molecule has 0 fully saturated rings. The summed E-state index contributed by atoms with van der Waals surface area (Å²) in [6.45, 7) is 8.29. The highest BCUT2D eigenvalue weighted by Gasteiger charge is 2.21. The molecule has 0 bridgehead atoms. The van der Waals surface area contributed by atoms with Crippen LogP contribution in [0.3, 0.4) is 0 Å². The molecule has 3 heterocycles. The van der Waals surface area contributed by atoms with E-state index in [0.29, 0.717) is 11.4 Å². The molecule has 0 unspecified atom stereocenters. The van der Waals surface area contributed by atoms with Crippen LogP contribution >= 0.6 is 0 Å². The lowest BCUT2D eigenvalue weighted by Gasteiger charge is -2.13. The van der Waals surface area contributed by atoms with Gasteiger partial charge in [0.1, 0.15) is 11.5 Å². The second-order valence-corrected chi connectivity index (χ2v) is 7.66. The number of hydrogen-bond acceptors (Lipinski definition) is 4. The van der Waals surface area contributed by atoms with Gasteiger partial charge in [-0.2, -0.15) is 5.10 Å². The SMILES string of the molecule is Cc1oc(C(C)(C)C)cc1-c1cc(N=Cc2c(O)[nH]c3ccccc23)n[nH]1. The molecule has 3 N–H and O–H groups in total. The molecule has 0 saturated carbocycles. The van der Waals surface area contributed by atoms with Crippen LogP contribution in [0.15, 0.2) is 45.8 Å². The Morgan fingerprint density at radius 2 is 1.96 bits per heavy atom. The van der Waals surface area contributed by atoms with Crippen LogP contribution in [0.4, 0.5) is 5.82 Å². The first kappa shape index (κ1) is 17.1. The Morgan fingerprint density at radius 1 is 1.19 bits per heavy atom. The third-order valence-corrected chi connectivity index (χ3v) is 4.56. The first-order chi connectivity index (χ1) is 12.8. The molecule has 0 aliphatic rings. The van der Waals surface area contributed by atoms with Crippen molar-refractivity contribution in [2.75, 3.05) is 0 Å². The molecule has 6 heteroatoms. The van der Waals surface area contributed by atoms with Gasteiger partial charge in [-0.1, -0.05) is 39.0 Å². The predicted molar refractivity (Wildman–Crippen MR) is 107 cm³/mol. The minimum Gasteiger partial charge on any atom is -0.494 e. The molecule has 1 aromatic carbocycles. The van der Waals surface area contributed by atoms with Crippen LogP contribution < -0.4 is 0 Å². The van der Waals surface area contributed by atoms with Crippen LogP contribution in [0.25, 0.3) is 22.2 Å². The highest BCUT2D eigenvalue weighted by atomic mass is 16.3. The Kier molecular flexibility index (Phi) is 3.91. The lowest BCUT2D eigenvalue weighted by atomic mass is 9.93. The van der Waals surface area contributed by atoms with Gasteiger partial charge in [0, 0.05) is 34.2 Å². The zero-order valence-electron chi connectivity index (χ0n) is 15.8. The fraction of sp³-hybridized carbons (Fsp3) is 0.238. The highest BCUT2D eigenvalue weighted by molar-refractivity contribution is 6.02. The summed E-state index contributed by atoms with van der Waals surface area (Å²) < 4.78 is 5.90. The molecule has 0 aliphatic heterocycles. The van der Waals surface area contributed by atoms with Crippen molar-refractivity contribution in [2.45, 2.75) is 33.1 Å². The summed E-state index contributed by atoms with van der Waals surface area (Å²) in [7, 11) is 0. The Balaban J connectivity index is 1.64. The number of para-hydroxylation sites is 1. The summed E-state index contributed by atoms with van der Waals surface area (Å²) in [6, 6.07) is 11.6. The second kappa shape index (κ2) is 6.16. The minimum absolute atomic E-state index is 0.0587. The Morgan fingerprint density at radius 3 is 2.70 bits per heavy atom. The van der Waals surface area contributed by atoms with E-state index in [-0.39, 0.29) is 11.3 Å². The van der Waals surface area contributed by atoms with Crippen LogP contribution in [0.2, 0.25) is 0 Å². The van der Waals surface area contributed by atoms with E-state index in [2.05, 4.69) is 40.9 Å². The van der Waals surface area contributed by atoms with Gasteiger partial charge in [0.2, 0.25) is 0 Å². The summed E-state index contributed by atoms with van der Waals surface area (Å²) in [6.07, 6.45) is 1.62. The normalized spacial score (nSPS) is 12.4. The van der Waals surface area contributed by atoms with Crippen LogP contribution in [-0.2, 0) is 5.41 Å². The number of nitrogens with one attached hydrogen (secondary N) is 2. The van der Waals surface area contributed by atoms with E-state index in [1.54, 1.807) is 6.21 Å². The topological polar surface area (TPSA) is 90.2 Å². The maximum absolute atomic E-state index is 10.1. The van der Waals surface area contributed by atoms with Gasteiger partial charge in [0.15, 0.2) is 11.7 Å². The number of aliphatic imine (C=N–C) groups is 1. The van der Waals surface area contributed by atoms with E-state index in [1.165, 1.54) is 0 Å². The van der Waals surface area contributed by atoms with Gasteiger partial charge in [-0.15, -0.1) is 0 Å². The number of hydrogen-bond donors (Lipinski definition) is 3. The Labute approximate surface area is 157 Å². The van der Waals surface area contributed by atoms with Crippen LogP contribution in [0, 0.1) is 6.92 Å². The van der Waals surface area contributed by atoms with E-state index in [4.69, 9.17) is 4.42 Å². The Bertz CT molecular complexity index is 1140. The molecular weight excluding hydrogens is 340 g/mol. The van der Waals surface area contributed by atoms with Gasteiger partial charge in [-0.05, 0) is 19.1 Å². The van der Waals surface area contributed by atoms with Crippen molar-refractivity contribution in [3.8, 4) is 17.1 Å². The zero-order valence-corrected chi connectivity index (χ0v) is 15.8. The molecule has 4 aromatic rings. The number of rotatable bonds is 3. The van der Waals surface area contributed by atoms with Gasteiger partial charge < -0.3 is 14.5 Å². The van der Waals surface area contributed by atoms with Crippen molar-refractivity contribution in [1.82, 2.24) is 15.2 Å². The molecule has 4 rings (SSSR count). The molecule has 0 aliphatic carbocycles. The summed E-state index contributed by atoms with van der Waals surface area (Å²) in [5.74, 6) is 2.40. The molecule has 0 radical (unpaired) electrons. The van der Waals surface area contributed by atoms with Crippen molar-refractivity contribution in [2.24, 2.45) is 4.99 Å². The standard InChI is InChI=1S/C21H22N4O2/c1-12-14(9-18(27-12)21(2,3)4)17-10-19(25-24-17)22-11-15-13-7-5-6-8-16(13)23-20(15)26/h5-11,23,26H,1-4H3,(H,24,25). The van der Waals surface area contributed by atoms with Crippen LogP contribution in [0.1, 0.15) is 37.9 Å². The van der Waals surface area contributed by atoms with Gasteiger partial charge in [0.05, 0.1) is 11.3 Å². The smallest absolute Gasteiger partial charge is 0.198 e. The molecule has 138 valence electrons. The van der Waals surface area contributed by atoms with Crippen molar-refractivity contribution < 1.29 is 9.52 Å². The van der Waals surface area contributed by atoms with Gasteiger partial charge in [0.25, 0.3) is 0 Å². The molecule has 0 amide bonds. The number of aryl methyl sites for hydroxylation is 1. The lowest BCUT2D eigenvalue weighted by molar-refractivity contribution is 0.396. The average Bonchev–Trinajstić information content (AvgIpc) is 3.29. The van der Waals surface area contributed by atoms with Crippen molar-refractivity contribution in [1.29, 1.82) is 0 Å². The predicted octanol–water partition coefficient (Wildman–Crippen LogP) is 5.21. The number of fused-ring (bicyclic) bond motifs is 1. The lowest BCUT2D eigenvalue weighted by Crippen LogP contribution is -2.09. The first-order valence-corrected chi connectivity index (χ1v) is 8.83. The van der Waals surface area contributed by atoms with Crippen molar-refractivity contribution in [3.63, 3.8) is 0 Å². The number of H-pyrrole nitrogens is 2. The third kappa shape index (κ3) is 3.14. The minimum atomic E-state index is -0.0587. The molecule has 0 saturated heterocycles. The van der Waals surface area contributed by atoms with Crippen LogP contribution in [-0.4, -0.2) is 26.5 Å². The number of furan rings is 1. The number of benzene rings is 1. The number of aromatic nitrogens is 3. The maximum Gasteiger partial charge on any atom is 0.198 e. The van der Waals surface area contributed by atoms with E-state index in [1.807, 2.05) is 43.3 Å². The van der Waals surface area contributed by atoms with E-state index in [0.717, 1.165) is 33.7 Å². The highest BCUT2D eigenvalue weighted by Crippen LogP contribution is 2.33. The number of nitrogens with zero attached hydrogens (tertiary/aromatic N) is 2. The van der Waals surface area contributed by atoms with Crippen molar-refractivity contribution in [3.05, 3.63) is 53.5 Å². The summed E-state index contributed by atoms with van der Waals surface area (Å²) >= 11 is 0. The van der Waals surface area contributed by atoms with Gasteiger partial charge >= 0.3 is 0 Å². The number of aromatic hydroxyl groups is 1. The maximum atomic E-state index is 10.1. The zero-order chi connectivity index (χ0) is 19.2. The van der Waals surface area contributed by atoms with Crippen LogP contribution in [0.5, 0.6) is 5.88 Å². The fourth-order valence-corrected chi connectivity index (χ4v) is 3.05. The fourth-order valence-electron chi connectivity index (χ4n) is 3.05. The molecule has 0 spiro atoms. The molecule has 3 aromatic heterocycles. The quantitative estimate of drug-likeness (QED) is 0.437. The van der Waals surface area contributed by atoms with E-state index >= 15 is 0 Å². The monoisotopic (exact) mass is 362 g/mol. The van der Waals surface area contributed by atoms with Crippen molar-refractivity contribution >= 4 is 22.9 Å². The Hall–Kier alpha value is -3.28. The van der Waals surface area contributed by atoms with E-state index < -0.39 is 0 Å². The van der Waals surface area contributed by atoms with Gasteiger partial charge in [-0.25, -0.2) is 4.99 Å². The summed E-state index contributed by atoms with van der Waals surface area (Å²) in [4.78, 5) is 7.36. The molecule has 6 nitrogen and oxygen atoms in total. The average molecular weight is 362 g/mol. The van der Waals surface area contributed by atoms with E-state index in [9.17, 15) is 5.11 Å². The summed E-state index contributed by atoms with van der Waals surface area (Å²) in [5, 5.41) is 18.3.